The number of nitrogens with two attached hydrogens (primary N) is 1. The Morgan fingerprint density at radius 1 is 1.47 bits per heavy atom. The Bertz CT molecular complexity index is 616. The molecule has 0 radical (unpaired) electrons. The number of carbonyl (C=O) groups is 1. The van der Waals surface area contributed by atoms with E-state index in [4.69, 9.17) is 5.73 Å². The lowest BCUT2D eigenvalue weighted by atomic mass is 10.0. The number of nitrogens with zero attached hydrogens (tertiary/aromatic N) is 3. The van der Waals surface area contributed by atoms with Crippen LogP contribution in [-0.4, -0.2) is 22.0 Å². The number of hydrazone groups is 1. The van der Waals surface area contributed by atoms with Crippen LogP contribution >= 0.6 is 0 Å². The average molecular weight is 257 g/mol. The molecule has 2 aromatic rings. The first kappa shape index (κ1) is 12.8. The lowest BCUT2D eigenvalue weighted by molar-refractivity contribution is 0.249. The number of amides is 2. The summed E-state index contributed by atoms with van der Waals surface area (Å²) in [6.45, 7) is 3.99. The molecule has 0 bridgehead atoms. The lowest BCUT2D eigenvalue weighted by Crippen LogP contribution is -2.24. The Morgan fingerprint density at radius 3 is 2.89 bits per heavy atom. The van der Waals surface area contributed by atoms with Crippen molar-refractivity contribution in [1.82, 2.24) is 15.2 Å². The number of carbonyl (C=O) groups excluding carboxylic acids is 1. The van der Waals surface area contributed by atoms with Gasteiger partial charge in [0, 0.05) is 18.0 Å². The first-order valence-corrected chi connectivity index (χ1v) is 5.77. The minimum Gasteiger partial charge on any atom is -0.350 e. The highest BCUT2D eigenvalue weighted by Gasteiger charge is 2.07. The highest BCUT2D eigenvalue weighted by Crippen LogP contribution is 2.18. The Labute approximate surface area is 110 Å². The average Bonchev–Trinajstić information content (AvgIpc) is 2.84. The summed E-state index contributed by atoms with van der Waals surface area (Å²) < 4.78 is 1.76. The van der Waals surface area contributed by atoms with Crippen molar-refractivity contribution < 1.29 is 4.79 Å². The molecule has 2 rings (SSSR count). The molecule has 19 heavy (non-hydrogen) atoms. The van der Waals surface area contributed by atoms with Crippen molar-refractivity contribution in [2.45, 2.75) is 13.8 Å². The maximum Gasteiger partial charge on any atom is 0.332 e. The molecule has 3 N–H and O–H groups in total. The molecule has 0 unspecified atom stereocenters. The van der Waals surface area contributed by atoms with E-state index >= 15 is 0 Å². The summed E-state index contributed by atoms with van der Waals surface area (Å²) >= 11 is 0. The standard InChI is InChI=1S/C13H15N5O/c1-9-6-10(2)11(8-15-17-13(14)19)12(7-9)18-5-3-4-16-18/h3-8H,1-2H3,(H3,14,17,19). The number of nitrogens with one attached hydrogen (secondary N) is 1. The monoisotopic (exact) mass is 257 g/mol. The maximum atomic E-state index is 10.6. The minimum absolute atomic E-state index is 0.693. The molecule has 0 spiro atoms. The molecule has 0 atom stereocenters. The van der Waals surface area contributed by atoms with E-state index in [1.165, 1.54) is 0 Å². The van der Waals surface area contributed by atoms with Crippen molar-refractivity contribution in [3.63, 3.8) is 0 Å². The van der Waals surface area contributed by atoms with Crippen LogP contribution in [0, 0.1) is 13.8 Å². The van der Waals surface area contributed by atoms with Gasteiger partial charge in [-0.3, -0.25) is 0 Å². The van der Waals surface area contributed by atoms with Gasteiger partial charge >= 0.3 is 6.03 Å². The van der Waals surface area contributed by atoms with Crippen LogP contribution in [0.2, 0.25) is 0 Å². The van der Waals surface area contributed by atoms with Crippen molar-refractivity contribution in [3.05, 3.63) is 47.3 Å². The molecule has 2 amide bonds. The molecule has 0 aliphatic carbocycles. The molecule has 1 aromatic heterocycles. The first-order valence-electron chi connectivity index (χ1n) is 5.77. The fraction of sp³-hybridized carbons (Fsp3) is 0.154. The molecule has 1 heterocycles. The number of aromatic nitrogens is 2. The van der Waals surface area contributed by atoms with Crippen LogP contribution in [0.15, 0.2) is 35.7 Å². The summed E-state index contributed by atoms with van der Waals surface area (Å²) in [5.74, 6) is 0. The molecule has 1 aromatic carbocycles. The number of urea groups is 1. The van der Waals surface area contributed by atoms with Crippen molar-refractivity contribution in [2.24, 2.45) is 10.8 Å². The van der Waals surface area contributed by atoms with E-state index in [0.717, 1.165) is 22.4 Å². The van der Waals surface area contributed by atoms with Gasteiger partial charge in [0.15, 0.2) is 0 Å². The zero-order valence-corrected chi connectivity index (χ0v) is 10.8. The van der Waals surface area contributed by atoms with E-state index in [1.54, 1.807) is 17.1 Å². The van der Waals surface area contributed by atoms with E-state index < -0.39 is 6.03 Å². The summed E-state index contributed by atoms with van der Waals surface area (Å²) in [6.07, 6.45) is 5.13. The topological polar surface area (TPSA) is 85.3 Å². The van der Waals surface area contributed by atoms with Crippen molar-refractivity contribution >= 4 is 12.2 Å². The van der Waals surface area contributed by atoms with Crippen LogP contribution in [0.3, 0.4) is 0 Å². The molecule has 6 nitrogen and oxygen atoms in total. The molecule has 0 aliphatic rings. The Morgan fingerprint density at radius 2 is 2.26 bits per heavy atom. The summed E-state index contributed by atoms with van der Waals surface area (Å²) in [4.78, 5) is 10.6. The molecular weight excluding hydrogens is 242 g/mol. The Kier molecular flexibility index (Phi) is 3.61. The van der Waals surface area contributed by atoms with Crippen LogP contribution in [0.5, 0.6) is 0 Å². The summed E-state index contributed by atoms with van der Waals surface area (Å²) in [7, 11) is 0. The Balaban J connectivity index is 2.46. The zero-order chi connectivity index (χ0) is 13.8. The fourth-order valence-electron chi connectivity index (χ4n) is 1.89. The minimum atomic E-state index is -0.693. The van der Waals surface area contributed by atoms with Crippen LogP contribution in [0.25, 0.3) is 5.69 Å². The third-order valence-corrected chi connectivity index (χ3v) is 2.63. The van der Waals surface area contributed by atoms with Gasteiger partial charge in [-0.15, -0.1) is 0 Å². The third-order valence-electron chi connectivity index (χ3n) is 2.63. The number of hydrogen-bond donors (Lipinski definition) is 2. The number of benzene rings is 1. The van der Waals surface area contributed by atoms with Gasteiger partial charge in [0.05, 0.1) is 11.9 Å². The summed E-state index contributed by atoms with van der Waals surface area (Å²) in [6, 6.07) is 5.20. The number of hydrogen-bond acceptors (Lipinski definition) is 3. The molecule has 98 valence electrons. The van der Waals surface area contributed by atoms with Crippen molar-refractivity contribution in [2.75, 3.05) is 0 Å². The largest absolute Gasteiger partial charge is 0.350 e. The van der Waals surface area contributed by atoms with Crippen LogP contribution in [-0.2, 0) is 0 Å². The van der Waals surface area contributed by atoms with Gasteiger partial charge in [0.2, 0.25) is 0 Å². The molecule has 0 aliphatic heterocycles. The molecule has 0 fully saturated rings. The van der Waals surface area contributed by atoms with Crippen molar-refractivity contribution in [3.8, 4) is 5.69 Å². The van der Waals surface area contributed by atoms with Gasteiger partial charge < -0.3 is 5.73 Å². The van der Waals surface area contributed by atoms with Gasteiger partial charge in [0.25, 0.3) is 0 Å². The van der Waals surface area contributed by atoms with E-state index in [9.17, 15) is 4.79 Å². The van der Waals surface area contributed by atoms with Crippen LogP contribution in [0.1, 0.15) is 16.7 Å². The van der Waals surface area contributed by atoms with E-state index in [2.05, 4.69) is 15.6 Å². The number of aryl methyl sites for hydroxylation is 2. The maximum absolute atomic E-state index is 10.6. The zero-order valence-electron chi connectivity index (χ0n) is 10.8. The predicted molar refractivity (Wildman–Crippen MR) is 73.4 cm³/mol. The SMILES string of the molecule is Cc1cc(C)c(C=NNC(N)=O)c(-n2cccn2)c1. The molecular formula is C13H15N5O. The highest BCUT2D eigenvalue weighted by molar-refractivity contribution is 5.88. The third kappa shape index (κ3) is 2.98. The quantitative estimate of drug-likeness (QED) is 0.644. The second kappa shape index (κ2) is 5.34. The van der Waals surface area contributed by atoms with Crippen molar-refractivity contribution in [1.29, 1.82) is 0 Å². The second-order valence-corrected chi connectivity index (χ2v) is 4.20. The fourth-order valence-corrected chi connectivity index (χ4v) is 1.89. The predicted octanol–water partition coefficient (Wildman–Crippen LogP) is 1.49. The highest BCUT2D eigenvalue weighted by atomic mass is 16.2. The smallest absolute Gasteiger partial charge is 0.332 e. The summed E-state index contributed by atoms with van der Waals surface area (Å²) in [5, 5.41) is 8.03. The van der Waals surface area contributed by atoms with Gasteiger partial charge in [-0.25, -0.2) is 14.9 Å². The van der Waals surface area contributed by atoms with Gasteiger partial charge in [-0.05, 0) is 37.1 Å². The van der Waals surface area contributed by atoms with Gasteiger partial charge in [-0.2, -0.15) is 10.2 Å². The second-order valence-electron chi connectivity index (χ2n) is 4.20. The number of rotatable bonds is 3. The Hall–Kier alpha value is -2.63. The van der Waals surface area contributed by atoms with Crippen LogP contribution < -0.4 is 11.2 Å². The molecule has 6 heteroatoms. The van der Waals surface area contributed by atoms with E-state index in [-0.39, 0.29) is 0 Å². The first-order chi connectivity index (χ1) is 9.08. The molecule has 0 saturated carbocycles. The lowest BCUT2D eigenvalue weighted by Gasteiger charge is -2.10. The summed E-state index contributed by atoms with van der Waals surface area (Å²) in [5.41, 5.74) is 11.1. The normalized spacial score (nSPS) is 10.8. The van der Waals surface area contributed by atoms with Gasteiger partial charge in [-0.1, -0.05) is 6.07 Å². The van der Waals surface area contributed by atoms with Gasteiger partial charge in [0.1, 0.15) is 0 Å². The van der Waals surface area contributed by atoms with E-state index in [1.807, 2.05) is 38.2 Å². The molecule has 0 saturated heterocycles. The van der Waals surface area contributed by atoms with E-state index in [0.29, 0.717) is 0 Å². The van der Waals surface area contributed by atoms with Crippen LogP contribution in [0.4, 0.5) is 4.79 Å². The number of primary amides is 1.